The van der Waals surface area contributed by atoms with E-state index in [2.05, 4.69) is 5.32 Å². The van der Waals surface area contributed by atoms with Crippen LogP contribution >= 0.6 is 11.3 Å². The molecule has 0 bridgehead atoms. The molecule has 2 amide bonds. The smallest absolute Gasteiger partial charge is 0.317 e. The van der Waals surface area contributed by atoms with Gasteiger partial charge in [-0.25, -0.2) is 13.6 Å². The van der Waals surface area contributed by atoms with E-state index in [1.54, 1.807) is 21.1 Å². The summed E-state index contributed by atoms with van der Waals surface area (Å²) in [5.41, 5.74) is 2.25. The highest BCUT2D eigenvalue weighted by Crippen LogP contribution is 2.39. The predicted octanol–water partition coefficient (Wildman–Crippen LogP) is 2.06. The van der Waals surface area contributed by atoms with Crippen LogP contribution in [0.4, 0.5) is 18.6 Å². The third-order valence-corrected chi connectivity index (χ3v) is 5.60. The Morgan fingerprint density at radius 3 is 2.82 bits per heavy atom. The van der Waals surface area contributed by atoms with Gasteiger partial charge in [0.15, 0.2) is 0 Å². The molecule has 0 atom stereocenters. The zero-order valence-corrected chi connectivity index (χ0v) is 13.6. The minimum absolute atomic E-state index is 0.0292. The van der Waals surface area contributed by atoms with Crippen molar-refractivity contribution in [1.82, 2.24) is 15.1 Å². The molecule has 1 saturated heterocycles. The van der Waals surface area contributed by atoms with Gasteiger partial charge >= 0.3 is 6.03 Å². The van der Waals surface area contributed by atoms with Gasteiger partial charge in [-0.15, -0.1) is 11.3 Å². The molecule has 2 aliphatic heterocycles. The zero-order chi connectivity index (χ0) is 15.9. The summed E-state index contributed by atoms with van der Waals surface area (Å²) in [5, 5.41) is 3.93. The number of amides is 2. The normalized spacial score (nSPS) is 19.0. The lowest BCUT2D eigenvalue weighted by Gasteiger charge is -2.34. The molecule has 0 spiro atoms. The van der Waals surface area contributed by atoms with Crippen molar-refractivity contribution in [2.24, 2.45) is 0 Å². The number of nitrogens with one attached hydrogen (secondary N) is 1. The zero-order valence-electron chi connectivity index (χ0n) is 12.7. The van der Waals surface area contributed by atoms with Gasteiger partial charge in [0.1, 0.15) is 0 Å². The average molecular weight is 330 g/mol. The molecule has 22 heavy (non-hydrogen) atoms. The SMILES string of the molecule is Cc1c(CN2CCNC2=O)sc2c1CN(CC(F)F)CN2C. The molecule has 0 unspecified atom stereocenters. The van der Waals surface area contributed by atoms with E-state index >= 15 is 0 Å². The van der Waals surface area contributed by atoms with Gasteiger partial charge in [0.25, 0.3) is 6.43 Å². The average Bonchev–Trinajstić information content (AvgIpc) is 2.97. The number of anilines is 1. The minimum atomic E-state index is -2.32. The van der Waals surface area contributed by atoms with Crippen molar-refractivity contribution in [3.05, 3.63) is 16.0 Å². The van der Waals surface area contributed by atoms with Crippen LogP contribution in [0.25, 0.3) is 0 Å². The summed E-state index contributed by atoms with van der Waals surface area (Å²) in [7, 11) is 1.93. The van der Waals surface area contributed by atoms with Gasteiger partial charge in [0.05, 0.1) is 24.8 Å². The molecule has 8 heteroatoms. The monoisotopic (exact) mass is 330 g/mol. The first-order chi connectivity index (χ1) is 10.5. The van der Waals surface area contributed by atoms with E-state index in [1.807, 2.05) is 18.9 Å². The van der Waals surface area contributed by atoms with Crippen LogP contribution < -0.4 is 10.2 Å². The number of hydrogen-bond acceptors (Lipinski definition) is 4. The fourth-order valence-corrected chi connectivity index (χ4v) is 4.30. The summed E-state index contributed by atoms with van der Waals surface area (Å²) >= 11 is 1.67. The van der Waals surface area contributed by atoms with Crippen molar-refractivity contribution >= 4 is 22.4 Å². The van der Waals surface area contributed by atoms with Crippen LogP contribution in [0.5, 0.6) is 0 Å². The van der Waals surface area contributed by atoms with E-state index in [-0.39, 0.29) is 12.6 Å². The summed E-state index contributed by atoms with van der Waals surface area (Å²) in [5.74, 6) is 0. The Morgan fingerprint density at radius 1 is 1.41 bits per heavy atom. The molecule has 5 nitrogen and oxygen atoms in total. The summed E-state index contributed by atoms with van der Waals surface area (Å²) in [6.45, 7) is 4.89. The molecule has 0 aliphatic carbocycles. The van der Waals surface area contributed by atoms with Crippen molar-refractivity contribution in [2.45, 2.75) is 26.4 Å². The molecule has 1 aromatic rings. The number of alkyl halides is 2. The topological polar surface area (TPSA) is 38.8 Å². The number of halogens is 2. The Balaban J connectivity index is 1.80. The molecule has 122 valence electrons. The van der Waals surface area contributed by atoms with E-state index < -0.39 is 6.43 Å². The summed E-state index contributed by atoms with van der Waals surface area (Å²) in [6.07, 6.45) is -2.32. The standard InChI is InChI=1S/C14H20F2N4OS/c1-9-10-5-19(7-12(15)16)8-18(2)13(10)22-11(9)6-20-4-3-17-14(20)21/h12H,3-8H2,1-2H3,(H,17,21). The lowest BCUT2D eigenvalue weighted by atomic mass is 10.1. The van der Waals surface area contributed by atoms with Gasteiger partial charge in [-0.3, -0.25) is 4.90 Å². The van der Waals surface area contributed by atoms with Gasteiger partial charge in [-0.1, -0.05) is 0 Å². The van der Waals surface area contributed by atoms with Gasteiger partial charge in [-0.05, 0) is 12.5 Å². The highest BCUT2D eigenvalue weighted by Gasteiger charge is 2.29. The molecule has 0 aromatic carbocycles. The van der Waals surface area contributed by atoms with Crippen LogP contribution in [-0.4, -0.2) is 55.6 Å². The molecule has 0 radical (unpaired) electrons. The molecule has 1 aromatic heterocycles. The third-order valence-electron chi connectivity index (χ3n) is 4.17. The fourth-order valence-electron chi connectivity index (χ4n) is 3.02. The largest absolute Gasteiger partial charge is 0.353 e. The molecular weight excluding hydrogens is 310 g/mol. The summed E-state index contributed by atoms with van der Waals surface area (Å²) < 4.78 is 25.3. The molecule has 1 N–H and O–H groups in total. The molecule has 0 saturated carbocycles. The van der Waals surface area contributed by atoms with Crippen LogP contribution in [0.15, 0.2) is 0 Å². The minimum Gasteiger partial charge on any atom is -0.353 e. The summed E-state index contributed by atoms with van der Waals surface area (Å²) in [4.78, 5) is 18.4. The molecule has 1 fully saturated rings. The van der Waals surface area contributed by atoms with Crippen LogP contribution in [0.2, 0.25) is 0 Å². The fraction of sp³-hybridized carbons (Fsp3) is 0.643. The first kappa shape index (κ1) is 15.5. The van der Waals surface area contributed by atoms with E-state index in [4.69, 9.17) is 0 Å². The lowest BCUT2D eigenvalue weighted by molar-refractivity contribution is 0.0830. The maximum absolute atomic E-state index is 12.6. The van der Waals surface area contributed by atoms with Gasteiger partial charge in [-0.2, -0.15) is 0 Å². The number of fused-ring (bicyclic) bond motifs is 1. The molecule has 2 aliphatic rings. The third kappa shape index (κ3) is 2.89. The predicted molar refractivity (Wildman–Crippen MR) is 82.5 cm³/mol. The highest BCUT2D eigenvalue weighted by atomic mass is 32.1. The Labute approximate surface area is 132 Å². The highest BCUT2D eigenvalue weighted by molar-refractivity contribution is 7.16. The lowest BCUT2D eigenvalue weighted by Crippen LogP contribution is -2.41. The number of thiophene rings is 1. The Morgan fingerprint density at radius 2 is 2.18 bits per heavy atom. The van der Waals surface area contributed by atoms with Crippen LogP contribution in [-0.2, 0) is 13.1 Å². The maximum atomic E-state index is 12.6. The van der Waals surface area contributed by atoms with Crippen LogP contribution in [0.1, 0.15) is 16.0 Å². The second kappa shape index (κ2) is 6.00. The quantitative estimate of drug-likeness (QED) is 0.918. The Hall–Kier alpha value is -1.41. The van der Waals surface area contributed by atoms with Crippen molar-refractivity contribution in [3.8, 4) is 0 Å². The van der Waals surface area contributed by atoms with Crippen LogP contribution in [0, 0.1) is 6.92 Å². The number of nitrogens with zero attached hydrogens (tertiary/aromatic N) is 3. The number of urea groups is 1. The molecule has 3 heterocycles. The van der Waals surface area contributed by atoms with E-state index in [0.29, 0.717) is 32.8 Å². The van der Waals surface area contributed by atoms with Crippen molar-refractivity contribution < 1.29 is 13.6 Å². The Bertz CT molecular complexity index is 577. The first-order valence-electron chi connectivity index (χ1n) is 7.31. The second-order valence-corrected chi connectivity index (χ2v) is 6.91. The summed E-state index contributed by atoms with van der Waals surface area (Å²) in [6, 6.07) is -0.0292. The van der Waals surface area contributed by atoms with Crippen molar-refractivity contribution in [2.75, 3.05) is 38.3 Å². The second-order valence-electron chi connectivity index (χ2n) is 5.83. The van der Waals surface area contributed by atoms with Gasteiger partial charge in [0, 0.05) is 37.1 Å². The van der Waals surface area contributed by atoms with E-state index in [0.717, 1.165) is 21.0 Å². The first-order valence-corrected chi connectivity index (χ1v) is 8.13. The molecule has 3 rings (SSSR count). The van der Waals surface area contributed by atoms with E-state index in [9.17, 15) is 13.6 Å². The maximum Gasteiger partial charge on any atom is 0.317 e. The molecular formula is C14H20F2N4OS. The van der Waals surface area contributed by atoms with Gasteiger partial charge < -0.3 is 15.1 Å². The Kier molecular flexibility index (Phi) is 4.22. The number of rotatable bonds is 4. The van der Waals surface area contributed by atoms with Gasteiger partial charge in [0.2, 0.25) is 0 Å². The number of carbonyl (C=O) groups excluding carboxylic acids is 1. The number of hydrogen-bond donors (Lipinski definition) is 1. The van der Waals surface area contributed by atoms with Crippen molar-refractivity contribution in [1.29, 1.82) is 0 Å². The van der Waals surface area contributed by atoms with E-state index in [1.165, 1.54) is 0 Å². The van der Waals surface area contributed by atoms with Crippen molar-refractivity contribution in [3.63, 3.8) is 0 Å². The van der Waals surface area contributed by atoms with Crippen LogP contribution in [0.3, 0.4) is 0 Å². The number of carbonyl (C=O) groups is 1.